The standard InChI is InChI=1S/C9H8O3/c1-2-6-5-7-3-4-8(6)12-9(10)11-7/h3-5H,2H2,1H3. The molecule has 0 aliphatic carbocycles. The van der Waals surface area contributed by atoms with E-state index in [-0.39, 0.29) is 0 Å². The van der Waals surface area contributed by atoms with Crippen molar-refractivity contribution in [3.05, 3.63) is 23.8 Å². The van der Waals surface area contributed by atoms with Gasteiger partial charge in [-0.25, -0.2) is 4.79 Å². The minimum Gasteiger partial charge on any atom is -0.395 e. The van der Waals surface area contributed by atoms with Gasteiger partial charge >= 0.3 is 6.16 Å². The second kappa shape index (κ2) is 2.52. The molecular weight excluding hydrogens is 156 g/mol. The SMILES string of the molecule is CCc1cc2ccc1OC(=O)O2. The summed E-state index contributed by atoms with van der Waals surface area (Å²) < 4.78 is 9.69. The van der Waals surface area contributed by atoms with Gasteiger partial charge in [-0.05, 0) is 30.2 Å². The van der Waals surface area contributed by atoms with Crippen LogP contribution in [0.25, 0.3) is 0 Å². The first-order valence-corrected chi connectivity index (χ1v) is 3.82. The lowest BCUT2D eigenvalue weighted by atomic mass is 10.1. The Bertz CT molecular complexity index is 331. The Morgan fingerprint density at radius 1 is 1.33 bits per heavy atom. The minimum absolute atomic E-state index is 0.554. The van der Waals surface area contributed by atoms with E-state index in [9.17, 15) is 4.79 Å². The van der Waals surface area contributed by atoms with E-state index in [1.54, 1.807) is 12.1 Å². The van der Waals surface area contributed by atoms with Crippen molar-refractivity contribution in [3.63, 3.8) is 0 Å². The monoisotopic (exact) mass is 164 g/mol. The highest BCUT2D eigenvalue weighted by atomic mass is 16.7. The summed E-state index contributed by atoms with van der Waals surface area (Å²) in [5, 5.41) is 0. The molecular formula is C9H8O3. The van der Waals surface area contributed by atoms with Crippen LogP contribution in [0.15, 0.2) is 18.2 Å². The molecule has 1 aromatic carbocycles. The third-order valence-corrected chi connectivity index (χ3v) is 1.81. The number of hydrogen-bond donors (Lipinski definition) is 0. The number of fused-ring (bicyclic) bond motifs is 4. The maximum atomic E-state index is 10.8. The Morgan fingerprint density at radius 3 is 2.92 bits per heavy atom. The molecule has 2 heterocycles. The van der Waals surface area contributed by atoms with E-state index in [1.165, 1.54) is 0 Å². The van der Waals surface area contributed by atoms with Crippen molar-refractivity contribution in [3.8, 4) is 11.5 Å². The number of aryl methyl sites for hydroxylation is 1. The fourth-order valence-electron chi connectivity index (χ4n) is 1.20. The van der Waals surface area contributed by atoms with Crippen molar-refractivity contribution in [2.75, 3.05) is 0 Å². The van der Waals surface area contributed by atoms with Crippen LogP contribution < -0.4 is 9.47 Å². The predicted molar refractivity (Wildman–Crippen MR) is 42.5 cm³/mol. The zero-order chi connectivity index (χ0) is 8.55. The number of rotatable bonds is 1. The number of carbonyl (C=O) groups excluding carboxylic acids is 1. The molecule has 3 nitrogen and oxygen atoms in total. The van der Waals surface area contributed by atoms with Crippen molar-refractivity contribution in [2.45, 2.75) is 13.3 Å². The molecule has 0 spiro atoms. The molecule has 2 aliphatic heterocycles. The van der Waals surface area contributed by atoms with Gasteiger partial charge in [0, 0.05) is 0 Å². The normalized spacial score (nSPS) is 13.6. The van der Waals surface area contributed by atoms with Gasteiger partial charge < -0.3 is 9.47 Å². The average molecular weight is 164 g/mol. The topological polar surface area (TPSA) is 35.5 Å². The first-order chi connectivity index (χ1) is 5.79. The second-order valence-electron chi connectivity index (χ2n) is 2.58. The molecule has 0 saturated heterocycles. The quantitative estimate of drug-likeness (QED) is 0.471. The lowest BCUT2D eigenvalue weighted by molar-refractivity contribution is 0.154. The van der Waals surface area contributed by atoms with Crippen LogP contribution in [0.3, 0.4) is 0 Å². The smallest absolute Gasteiger partial charge is 0.395 e. The van der Waals surface area contributed by atoms with Crippen molar-refractivity contribution in [1.29, 1.82) is 0 Å². The highest BCUT2D eigenvalue weighted by Gasteiger charge is 2.16. The van der Waals surface area contributed by atoms with Gasteiger partial charge in [-0.1, -0.05) is 6.92 Å². The third-order valence-electron chi connectivity index (χ3n) is 1.81. The van der Waals surface area contributed by atoms with E-state index in [0.717, 1.165) is 12.0 Å². The molecule has 0 unspecified atom stereocenters. The van der Waals surface area contributed by atoms with Gasteiger partial charge in [0.1, 0.15) is 11.5 Å². The summed E-state index contributed by atoms with van der Waals surface area (Å²) in [5.41, 5.74) is 0.998. The molecule has 62 valence electrons. The lowest BCUT2D eigenvalue weighted by Gasteiger charge is -1.99. The number of ether oxygens (including phenoxy) is 2. The molecule has 0 radical (unpaired) electrons. The van der Waals surface area contributed by atoms with Crippen molar-refractivity contribution in [1.82, 2.24) is 0 Å². The Hall–Kier alpha value is -1.51. The van der Waals surface area contributed by atoms with Crippen LogP contribution in [-0.2, 0) is 6.42 Å². The van der Waals surface area contributed by atoms with Gasteiger partial charge in [0.25, 0.3) is 0 Å². The molecule has 0 N–H and O–H groups in total. The first-order valence-electron chi connectivity index (χ1n) is 3.82. The van der Waals surface area contributed by atoms with Gasteiger partial charge in [-0.15, -0.1) is 0 Å². The van der Waals surface area contributed by atoms with E-state index in [4.69, 9.17) is 9.47 Å². The summed E-state index contributed by atoms with van der Waals surface area (Å²) in [5.74, 6) is 1.15. The van der Waals surface area contributed by atoms with Crippen LogP contribution in [0.5, 0.6) is 11.5 Å². The highest BCUT2D eigenvalue weighted by Crippen LogP contribution is 2.28. The zero-order valence-corrected chi connectivity index (χ0v) is 6.66. The summed E-state index contributed by atoms with van der Waals surface area (Å²) in [6.07, 6.45) is 0.185. The van der Waals surface area contributed by atoms with E-state index < -0.39 is 6.16 Å². The van der Waals surface area contributed by atoms with Crippen molar-refractivity contribution < 1.29 is 14.3 Å². The fourth-order valence-corrected chi connectivity index (χ4v) is 1.20. The Balaban J connectivity index is 2.53. The van der Waals surface area contributed by atoms with Gasteiger partial charge in [-0.2, -0.15) is 0 Å². The van der Waals surface area contributed by atoms with Crippen molar-refractivity contribution >= 4 is 6.16 Å². The maximum absolute atomic E-state index is 10.8. The van der Waals surface area contributed by atoms with Crippen LogP contribution in [0.1, 0.15) is 12.5 Å². The van der Waals surface area contributed by atoms with E-state index in [1.807, 2.05) is 13.0 Å². The summed E-state index contributed by atoms with van der Waals surface area (Å²) >= 11 is 0. The third kappa shape index (κ3) is 1.03. The van der Waals surface area contributed by atoms with E-state index in [2.05, 4.69) is 0 Å². The van der Waals surface area contributed by atoms with Gasteiger partial charge in [0.2, 0.25) is 0 Å². The van der Waals surface area contributed by atoms with Crippen molar-refractivity contribution in [2.24, 2.45) is 0 Å². The molecule has 1 aromatic rings. The number of carbonyl (C=O) groups is 1. The summed E-state index contributed by atoms with van der Waals surface area (Å²) in [6.45, 7) is 2.00. The Morgan fingerprint density at radius 2 is 2.17 bits per heavy atom. The van der Waals surface area contributed by atoms with Gasteiger partial charge in [-0.3, -0.25) is 0 Å². The van der Waals surface area contributed by atoms with Crippen LogP contribution in [0.4, 0.5) is 4.79 Å². The van der Waals surface area contributed by atoms with Crippen LogP contribution in [0, 0.1) is 0 Å². The highest BCUT2D eigenvalue weighted by molar-refractivity contribution is 5.70. The molecule has 0 atom stereocenters. The molecule has 12 heavy (non-hydrogen) atoms. The Labute approximate surface area is 69.9 Å². The van der Waals surface area contributed by atoms with Gasteiger partial charge in [0.05, 0.1) is 0 Å². The van der Waals surface area contributed by atoms with Gasteiger partial charge in [0.15, 0.2) is 0 Å². The van der Waals surface area contributed by atoms with E-state index >= 15 is 0 Å². The van der Waals surface area contributed by atoms with Crippen LogP contribution in [0.2, 0.25) is 0 Å². The number of hydrogen-bond acceptors (Lipinski definition) is 3. The first kappa shape index (κ1) is 7.16. The lowest BCUT2D eigenvalue weighted by Crippen LogP contribution is -2.10. The molecule has 3 heteroatoms. The molecule has 2 aliphatic rings. The number of benzene rings is 1. The molecule has 0 amide bonds. The maximum Gasteiger partial charge on any atom is 0.519 e. The molecule has 0 saturated carbocycles. The second-order valence-corrected chi connectivity index (χ2v) is 2.58. The molecule has 2 bridgehead atoms. The summed E-state index contributed by atoms with van der Waals surface area (Å²) in [7, 11) is 0. The minimum atomic E-state index is -0.648. The predicted octanol–water partition coefficient (Wildman–Crippen LogP) is 2.14. The van der Waals surface area contributed by atoms with Crippen LogP contribution >= 0.6 is 0 Å². The Kier molecular flexibility index (Phi) is 1.50. The largest absolute Gasteiger partial charge is 0.519 e. The summed E-state index contributed by atoms with van der Waals surface area (Å²) in [6, 6.07) is 5.29. The molecule has 3 rings (SSSR count). The average Bonchev–Trinajstić information content (AvgIpc) is 2.32. The molecule has 0 fully saturated rings. The zero-order valence-electron chi connectivity index (χ0n) is 6.66. The summed E-state index contributed by atoms with van der Waals surface area (Å²) in [4.78, 5) is 10.8. The van der Waals surface area contributed by atoms with E-state index in [0.29, 0.717) is 11.5 Å². The fraction of sp³-hybridized carbons (Fsp3) is 0.222. The molecule has 0 aromatic heterocycles. The van der Waals surface area contributed by atoms with Crippen LogP contribution in [-0.4, -0.2) is 6.16 Å².